The summed E-state index contributed by atoms with van der Waals surface area (Å²) in [4.78, 5) is 10.3. The van der Waals surface area contributed by atoms with Crippen LogP contribution in [-0.4, -0.2) is 4.92 Å². The van der Waals surface area contributed by atoms with Gasteiger partial charge in [-0.3, -0.25) is 10.1 Å². The van der Waals surface area contributed by atoms with E-state index in [4.69, 9.17) is 11.6 Å². The third-order valence-corrected chi connectivity index (χ3v) is 4.38. The minimum absolute atomic E-state index is 0.109. The van der Waals surface area contributed by atoms with Crippen LogP contribution in [0.1, 0.15) is 21.5 Å². The van der Waals surface area contributed by atoms with Crippen molar-refractivity contribution in [3.05, 3.63) is 74.3 Å². The molecule has 5 heteroatoms. The van der Waals surface area contributed by atoms with Crippen molar-refractivity contribution in [2.75, 3.05) is 0 Å². The smallest absolute Gasteiger partial charge is 0.258 e. The fourth-order valence-electron chi connectivity index (χ4n) is 1.88. The molecule has 104 valence electrons. The van der Waals surface area contributed by atoms with Gasteiger partial charge in [-0.25, -0.2) is 0 Å². The van der Waals surface area contributed by atoms with Crippen LogP contribution in [-0.2, 0) is 6.42 Å². The fraction of sp³-hybridized carbons (Fsp3) is 0.200. The number of hydrogen-bond acceptors (Lipinski definition) is 2. The summed E-state index contributed by atoms with van der Waals surface area (Å²) in [6.45, 7) is 1.96. The van der Waals surface area contributed by atoms with Gasteiger partial charge in [-0.2, -0.15) is 0 Å². The van der Waals surface area contributed by atoms with Gasteiger partial charge < -0.3 is 0 Å². The molecule has 0 saturated heterocycles. The van der Waals surface area contributed by atoms with Crippen LogP contribution in [0, 0.1) is 17.0 Å². The molecule has 2 aromatic rings. The molecule has 20 heavy (non-hydrogen) atoms. The number of nitro benzene ring substituents is 1. The Labute approximate surface area is 130 Å². The summed E-state index contributed by atoms with van der Waals surface area (Å²) in [6.07, 6.45) is 0.747. The van der Waals surface area contributed by atoms with Crippen molar-refractivity contribution in [1.29, 1.82) is 0 Å². The zero-order valence-corrected chi connectivity index (χ0v) is 13.2. The molecule has 0 aromatic heterocycles. The first-order valence-corrected chi connectivity index (χ1v) is 7.40. The van der Waals surface area contributed by atoms with Gasteiger partial charge in [-0.15, -0.1) is 0 Å². The summed E-state index contributed by atoms with van der Waals surface area (Å²) in [6, 6.07) is 12.6. The Bertz CT molecular complexity index is 628. The SMILES string of the molecule is Cc1ccc(C(Br)Cc2ccc([N+](=O)[O-])cc2)cc1Cl. The molecular formula is C15H13BrClNO2. The molecule has 0 bridgehead atoms. The van der Waals surface area contributed by atoms with Crippen molar-refractivity contribution >= 4 is 33.2 Å². The quantitative estimate of drug-likeness (QED) is 0.428. The highest BCUT2D eigenvalue weighted by atomic mass is 79.9. The molecule has 0 heterocycles. The lowest BCUT2D eigenvalue weighted by Crippen LogP contribution is -1.96. The standard InChI is InChI=1S/C15H13BrClNO2/c1-10-2-5-12(9-15(10)17)14(16)8-11-3-6-13(7-4-11)18(19)20/h2-7,9,14H,8H2,1H3. The summed E-state index contributed by atoms with van der Waals surface area (Å²) in [5.41, 5.74) is 3.29. The average Bonchev–Trinajstić information content (AvgIpc) is 2.42. The van der Waals surface area contributed by atoms with Gasteiger partial charge >= 0.3 is 0 Å². The largest absolute Gasteiger partial charge is 0.269 e. The molecule has 0 fully saturated rings. The number of hydrogen-bond donors (Lipinski definition) is 0. The lowest BCUT2D eigenvalue weighted by Gasteiger charge is -2.11. The molecule has 1 unspecified atom stereocenters. The van der Waals surface area contributed by atoms with Crippen molar-refractivity contribution in [2.45, 2.75) is 18.2 Å². The van der Waals surface area contributed by atoms with Crippen LogP contribution in [0.15, 0.2) is 42.5 Å². The number of halogens is 2. The first-order valence-electron chi connectivity index (χ1n) is 6.11. The summed E-state index contributed by atoms with van der Waals surface area (Å²) in [5, 5.41) is 11.4. The highest BCUT2D eigenvalue weighted by molar-refractivity contribution is 9.09. The van der Waals surface area contributed by atoms with E-state index in [2.05, 4.69) is 15.9 Å². The van der Waals surface area contributed by atoms with Crippen molar-refractivity contribution in [1.82, 2.24) is 0 Å². The molecule has 0 aliphatic heterocycles. The van der Waals surface area contributed by atoms with Gasteiger partial charge in [0.25, 0.3) is 5.69 Å². The molecule has 0 radical (unpaired) electrons. The average molecular weight is 355 g/mol. The first-order chi connectivity index (χ1) is 9.47. The molecule has 0 spiro atoms. The predicted octanol–water partition coefficient (Wildman–Crippen LogP) is 5.24. The van der Waals surface area contributed by atoms with Crippen LogP contribution in [0.4, 0.5) is 5.69 Å². The van der Waals surface area contributed by atoms with Crippen LogP contribution in [0.5, 0.6) is 0 Å². The van der Waals surface area contributed by atoms with Crippen molar-refractivity contribution in [3.63, 3.8) is 0 Å². The van der Waals surface area contributed by atoms with Gasteiger partial charge in [0.2, 0.25) is 0 Å². The lowest BCUT2D eigenvalue weighted by molar-refractivity contribution is -0.384. The van der Waals surface area contributed by atoms with Crippen LogP contribution >= 0.6 is 27.5 Å². The number of alkyl halides is 1. The van der Waals surface area contributed by atoms with Gasteiger partial charge in [0.05, 0.1) is 4.92 Å². The molecule has 2 aromatic carbocycles. The molecule has 0 amide bonds. The number of nitro groups is 1. The highest BCUT2D eigenvalue weighted by Gasteiger charge is 2.11. The van der Waals surface area contributed by atoms with Crippen LogP contribution in [0.2, 0.25) is 5.02 Å². The van der Waals surface area contributed by atoms with Gasteiger partial charge in [-0.05, 0) is 36.1 Å². The molecule has 0 aliphatic rings. The third-order valence-electron chi connectivity index (χ3n) is 3.12. The number of aryl methyl sites for hydroxylation is 1. The number of nitrogens with zero attached hydrogens (tertiary/aromatic N) is 1. The van der Waals surface area contributed by atoms with E-state index in [1.165, 1.54) is 12.1 Å². The Morgan fingerprint density at radius 3 is 2.45 bits per heavy atom. The summed E-state index contributed by atoms with van der Waals surface area (Å²) in [5.74, 6) is 0. The normalized spacial score (nSPS) is 12.2. The van der Waals surface area contributed by atoms with Gasteiger partial charge in [-0.1, -0.05) is 51.8 Å². The fourth-order valence-corrected chi connectivity index (χ4v) is 2.73. The molecule has 0 saturated carbocycles. The van der Waals surface area contributed by atoms with E-state index >= 15 is 0 Å². The van der Waals surface area contributed by atoms with Crippen molar-refractivity contribution in [2.24, 2.45) is 0 Å². The predicted molar refractivity (Wildman–Crippen MR) is 84.7 cm³/mol. The zero-order valence-electron chi connectivity index (χ0n) is 10.8. The zero-order chi connectivity index (χ0) is 14.7. The van der Waals surface area contributed by atoms with E-state index < -0.39 is 4.92 Å². The second kappa shape index (κ2) is 6.37. The maximum absolute atomic E-state index is 10.6. The second-order valence-corrected chi connectivity index (χ2v) is 6.12. The Morgan fingerprint density at radius 2 is 1.90 bits per heavy atom. The molecule has 0 aliphatic carbocycles. The van der Waals surface area contributed by atoms with Gasteiger partial charge in [0.15, 0.2) is 0 Å². The maximum Gasteiger partial charge on any atom is 0.269 e. The lowest BCUT2D eigenvalue weighted by atomic mass is 10.0. The first kappa shape index (κ1) is 15.0. The molecule has 0 N–H and O–H groups in total. The number of benzene rings is 2. The molecule has 3 nitrogen and oxygen atoms in total. The second-order valence-electron chi connectivity index (χ2n) is 4.60. The van der Waals surface area contributed by atoms with Crippen LogP contribution in [0.3, 0.4) is 0 Å². The van der Waals surface area contributed by atoms with E-state index in [1.54, 1.807) is 12.1 Å². The van der Waals surface area contributed by atoms with Gasteiger partial charge in [0.1, 0.15) is 0 Å². The van der Waals surface area contributed by atoms with E-state index in [1.807, 2.05) is 25.1 Å². The Balaban J connectivity index is 2.12. The highest BCUT2D eigenvalue weighted by Crippen LogP contribution is 2.30. The number of rotatable bonds is 4. The van der Waals surface area contributed by atoms with Crippen LogP contribution in [0.25, 0.3) is 0 Å². The molecule has 1 atom stereocenters. The third kappa shape index (κ3) is 3.58. The van der Waals surface area contributed by atoms with E-state index in [0.29, 0.717) is 0 Å². The summed E-state index contributed by atoms with van der Waals surface area (Å²) < 4.78 is 0. The van der Waals surface area contributed by atoms with E-state index in [-0.39, 0.29) is 10.5 Å². The van der Waals surface area contributed by atoms with E-state index in [0.717, 1.165) is 28.1 Å². The summed E-state index contributed by atoms with van der Waals surface area (Å²) in [7, 11) is 0. The summed E-state index contributed by atoms with van der Waals surface area (Å²) >= 11 is 9.76. The van der Waals surface area contributed by atoms with Gasteiger partial charge in [0, 0.05) is 22.0 Å². The van der Waals surface area contributed by atoms with Crippen molar-refractivity contribution < 1.29 is 4.92 Å². The number of non-ortho nitro benzene ring substituents is 1. The Kier molecular flexibility index (Phi) is 4.78. The topological polar surface area (TPSA) is 43.1 Å². The molecule has 2 rings (SSSR count). The minimum atomic E-state index is -0.394. The Hall–Kier alpha value is -1.39. The Morgan fingerprint density at radius 1 is 1.25 bits per heavy atom. The maximum atomic E-state index is 10.6. The molecular weight excluding hydrogens is 342 g/mol. The van der Waals surface area contributed by atoms with Crippen LogP contribution < -0.4 is 0 Å². The minimum Gasteiger partial charge on any atom is -0.258 e. The van der Waals surface area contributed by atoms with Crippen molar-refractivity contribution in [3.8, 4) is 0 Å². The van der Waals surface area contributed by atoms with E-state index in [9.17, 15) is 10.1 Å². The monoisotopic (exact) mass is 353 g/mol.